The maximum absolute atomic E-state index is 11.8. The molecule has 0 radical (unpaired) electrons. The Morgan fingerprint density at radius 1 is 1.21 bits per heavy atom. The molecule has 4 nitrogen and oxygen atoms in total. The first-order valence-corrected chi connectivity index (χ1v) is 8.30. The second-order valence-electron chi connectivity index (χ2n) is 5.26. The van der Waals surface area contributed by atoms with Crippen molar-refractivity contribution in [3.8, 4) is 0 Å². The smallest absolute Gasteiger partial charge is 0.155 e. The van der Waals surface area contributed by atoms with Crippen LogP contribution in [0.1, 0.15) is 25.0 Å². The van der Waals surface area contributed by atoms with Crippen LogP contribution in [-0.2, 0) is 23.0 Å². The molecule has 1 saturated heterocycles. The van der Waals surface area contributed by atoms with E-state index in [2.05, 4.69) is 4.90 Å². The summed E-state index contributed by atoms with van der Waals surface area (Å²) in [5.41, 5.74) is 2.04. The van der Waals surface area contributed by atoms with E-state index in [-0.39, 0.29) is 23.7 Å². The van der Waals surface area contributed by atoms with E-state index in [4.69, 9.17) is 5.11 Å². The summed E-state index contributed by atoms with van der Waals surface area (Å²) in [7, 11) is -2.92. The van der Waals surface area contributed by atoms with Crippen LogP contribution in [0.3, 0.4) is 0 Å². The molecule has 106 valence electrons. The Kier molecular flexibility index (Phi) is 4.28. The minimum Gasteiger partial charge on any atom is -0.392 e. The van der Waals surface area contributed by atoms with Gasteiger partial charge in [-0.25, -0.2) is 8.42 Å². The van der Waals surface area contributed by atoms with Crippen LogP contribution in [-0.4, -0.2) is 42.0 Å². The van der Waals surface area contributed by atoms with Crippen molar-refractivity contribution in [3.63, 3.8) is 0 Å². The van der Waals surface area contributed by atoms with Crippen molar-refractivity contribution >= 4 is 9.84 Å². The number of benzene rings is 1. The van der Waals surface area contributed by atoms with Crippen LogP contribution in [0.25, 0.3) is 0 Å². The number of sulfone groups is 1. The Bertz CT molecular complexity index is 524. The summed E-state index contributed by atoms with van der Waals surface area (Å²) in [4.78, 5) is 2.21. The van der Waals surface area contributed by atoms with Crippen molar-refractivity contribution in [2.45, 2.75) is 38.3 Å². The molecule has 1 N–H and O–H groups in total. The first-order chi connectivity index (χ1) is 8.94. The molecule has 5 heteroatoms. The number of nitrogens with zero attached hydrogens (tertiary/aromatic N) is 1. The Morgan fingerprint density at radius 2 is 1.79 bits per heavy atom. The summed E-state index contributed by atoms with van der Waals surface area (Å²) in [6.45, 7) is 5.17. The highest BCUT2D eigenvalue weighted by atomic mass is 32.2. The lowest BCUT2D eigenvalue weighted by atomic mass is 10.1. The van der Waals surface area contributed by atoms with Crippen LogP contribution in [0.5, 0.6) is 0 Å². The molecular formula is C14H21NO3S. The predicted octanol–water partition coefficient (Wildman–Crippen LogP) is 1.19. The summed E-state index contributed by atoms with van der Waals surface area (Å²) in [6.07, 6.45) is 0. The third-order valence-electron chi connectivity index (χ3n) is 4.08. The lowest BCUT2D eigenvalue weighted by Crippen LogP contribution is -2.51. The Morgan fingerprint density at radius 3 is 2.37 bits per heavy atom. The van der Waals surface area contributed by atoms with Crippen LogP contribution < -0.4 is 0 Å². The van der Waals surface area contributed by atoms with E-state index in [0.717, 1.165) is 17.7 Å². The molecule has 1 aliphatic rings. The molecule has 1 fully saturated rings. The SMILES string of the molecule is CC1C(C)S(=O)(=O)CCN1Cc1ccc(CO)cc1. The first kappa shape index (κ1) is 14.5. The second-order valence-corrected chi connectivity index (χ2v) is 7.74. The molecule has 0 amide bonds. The third-order valence-corrected chi connectivity index (χ3v) is 6.35. The Balaban J connectivity index is 2.07. The van der Waals surface area contributed by atoms with Gasteiger partial charge in [0.15, 0.2) is 9.84 Å². The minimum atomic E-state index is -2.92. The number of hydrogen-bond acceptors (Lipinski definition) is 4. The van der Waals surface area contributed by atoms with Crippen molar-refractivity contribution in [2.75, 3.05) is 12.3 Å². The molecule has 1 aromatic rings. The van der Waals surface area contributed by atoms with Gasteiger partial charge in [0.1, 0.15) is 0 Å². The molecule has 0 aromatic heterocycles. The fraction of sp³-hybridized carbons (Fsp3) is 0.571. The number of aliphatic hydroxyl groups is 1. The van der Waals surface area contributed by atoms with Crippen molar-refractivity contribution in [1.29, 1.82) is 0 Å². The lowest BCUT2D eigenvalue weighted by molar-refractivity contribution is 0.197. The molecular weight excluding hydrogens is 262 g/mol. The maximum atomic E-state index is 11.8. The van der Waals surface area contributed by atoms with Gasteiger partial charge >= 0.3 is 0 Å². The number of aliphatic hydroxyl groups excluding tert-OH is 1. The molecule has 2 rings (SSSR count). The van der Waals surface area contributed by atoms with Crippen LogP contribution in [0.2, 0.25) is 0 Å². The van der Waals surface area contributed by atoms with Gasteiger partial charge in [0.2, 0.25) is 0 Å². The topological polar surface area (TPSA) is 57.6 Å². The van der Waals surface area contributed by atoms with Gasteiger partial charge < -0.3 is 5.11 Å². The maximum Gasteiger partial charge on any atom is 0.155 e. The highest BCUT2D eigenvalue weighted by molar-refractivity contribution is 7.92. The van der Waals surface area contributed by atoms with E-state index in [1.807, 2.05) is 31.2 Å². The largest absolute Gasteiger partial charge is 0.392 e. The monoisotopic (exact) mass is 283 g/mol. The molecule has 0 saturated carbocycles. The number of hydrogen-bond donors (Lipinski definition) is 1. The van der Waals surface area contributed by atoms with E-state index >= 15 is 0 Å². The molecule has 1 heterocycles. The minimum absolute atomic E-state index is 0.0382. The Hall–Kier alpha value is -0.910. The van der Waals surface area contributed by atoms with Gasteiger partial charge in [-0.05, 0) is 25.0 Å². The van der Waals surface area contributed by atoms with Gasteiger partial charge in [-0.2, -0.15) is 0 Å². The normalized spacial score (nSPS) is 27.3. The second kappa shape index (κ2) is 5.61. The van der Waals surface area contributed by atoms with Crippen LogP contribution >= 0.6 is 0 Å². The van der Waals surface area contributed by atoms with Gasteiger partial charge in [-0.1, -0.05) is 24.3 Å². The summed E-state index contributed by atoms with van der Waals surface area (Å²) >= 11 is 0. The molecule has 0 bridgehead atoms. The molecule has 0 aliphatic carbocycles. The predicted molar refractivity (Wildman–Crippen MR) is 75.5 cm³/mol. The highest BCUT2D eigenvalue weighted by Gasteiger charge is 2.35. The lowest BCUT2D eigenvalue weighted by Gasteiger charge is -2.37. The molecule has 0 spiro atoms. The van der Waals surface area contributed by atoms with Gasteiger partial charge in [0.25, 0.3) is 0 Å². The Labute approximate surface area is 115 Å². The van der Waals surface area contributed by atoms with Crippen molar-refractivity contribution < 1.29 is 13.5 Å². The quantitative estimate of drug-likeness (QED) is 0.905. The van der Waals surface area contributed by atoms with E-state index in [1.165, 1.54) is 0 Å². The van der Waals surface area contributed by atoms with Gasteiger partial charge in [0, 0.05) is 19.1 Å². The fourth-order valence-corrected chi connectivity index (χ4v) is 4.07. The number of rotatable bonds is 3. The van der Waals surface area contributed by atoms with Crippen LogP contribution in [0, 0.1) is 0 Å². The molecule has 2 unspecified atom stereocenters. The standard InChI is InChI=1S/C14H21NO3S/c1-11-12(2)19(17,18)8-7-15(11)9-13-3-5-14(10-16)6-4-13/h3-6,11-12,16H,7-10H2,1-2H3. The van der Waals surface area contributed by atoms with E-state index in [1.54, 1.807) is 6.92 Å². The fourth-order valence-electron chi connectivity index (χ4n) is 2.44. The highest BCUT2D eigenvalue weighted by Crippen LogP contribution is 2.21. The zero-order valence-corrected chi connectivity index (χ0v) is 12.2. The van der Waals surface area contributed by atoms with Crippen LogP contribution in [0.4, 0.5) is 0 Å². The van der Waals surface area contributed by atoms with Crippen molar-refractivity contribution in [2.24, 2.45) is 0 Å². The molecule has 2 atom stereocenters. The first-order valence-electron chi connectivity index (χ1n) is 6.58. The summed E-state index contributed by atoms with van der Waals surface area (Å²) in [6, 6.07) is 7.84. The van der Waals surface area contributed by atoms with E-state index in [0.29, 0.717) is 6.54 Å². The average molecular weight is 283 g/mol. The van der Waals surface area contributed by atoms with Gasteiger partial charge in [-0.15, -0.1) is 0 Å². The molecule has 1 aromatic carbocycles. The van der Waals surface area contributed by atoms with E-state index in [9.17, 15) is 8.42 Å². The van der Waals surface area contributed by atoms with E-state index < -0.39 is 9.84 Å². The van der Waals surface area contributed by atoms with Crippen LogP contribution in [0.15, 0.2) is 24.3 Å². The average Bonchev–Trinajstić information content (AvgIpc) is 2.41. The molecule has 1 aliphatic heterocycles. The summed E-state index contributed by atoms with van der Waals surface area (Å²) in [5.74, 6) is 0.243. The summed E-state index contributed by atoms with van der Waals surface area (Å²) in [5, 5.41) is 8.70. The zero-order chi connectivity index (χ0) is 14.0. The molecule has 19 heavy (non-hydrogen) atoms. The van der Waals surface area contributed by atoms with Gasteiger partial charge in [-0.3, -0.25) is 4.90 Å². The van der Waals surface area contributed by atoms with Crippen molar-refractivity contribution in [3.05, 3.63) is 35.4 Å². The summed E-state index contributed by atoms with van der Waals surface area (Å²) < 4.78 is 23.6. The third kappa shape index (κ3) is 3.16. The van der Waals surface area contributed by atoms with Gasteiger partial charge in [0.05, 0.1) is 17.6 Å². The zero-order valence-electron chi connectivity index (χ0n) is 11.4. The van der Waals surface area contributed by atoms with Crippen molar-refractivity contribution in [1.82, 2.24) is 4.90 Å².